The van der Waals surface area contributed by atoms with Gasteiger partial charge in [-0.2, -0.15) is 8.42 Å². The van der Waals surface area contributed by atoms with Crippen molar-refractivity contribution in [2.24, 2.45) is 0 Å². The highest BCUT2D eigenvalue weighted by atomic mass is 32.2. The number of rotatable bonds is 2. The minimum atomic E-state index is -4.05. The van der Waals surface area contributed by atoms with Crippen LogP contribution in [0.1, 0.15) is 16.8 Å². The second-order valence-corrected chi connectivity index (χ2v) is 5.59. The largest absolute Gasteiger partial charge is 0.294 e. The van der Waals surface area contributed by atoms with Crippen molar-refractivity contribution in [1.29, 1.82) is 0 Å². The van der Waals surface area contributed by atoms with Crippen molar-refractivity contribution in [1.82, 2.24) is 4.98 Å². The van der Waals surface area contributed by atoms with E-state index < -0.39 is 10.1 Å². The van der Waals surface area contributed by atoms with Crippen LogP contribution in [-0.2, 0) is 10.1 Å². The number of pyridine rings is 1. The van der Waals surface area contributed by atoms with Crippen LogP contribution in [0, 0.1) is 13.8 Å². The van der Waals surface area contributed by atoms with Crippen LogP contribution in [0.3, 0.4) is 0 Å². The van der Waals surface area contributed by atoms with E-state index in [1.807, 2.05) is 25.1 Å². The summed E-state index contributed by atoms with van der Waals surface area (Å²) < 4.78 is 30.2. The summed E-state index contributed by atoms with van der Waals surface area (Å²) in [5, 5.41) is 0. The van der Waals surface area contributed by atoms with Crippen molar-refractivity contribution in [2.75, 3.05) is 0 Å². The Kier molecular flexibility index (Phi) is 5.61. The van der Waals surface area contributed by atoms with Crippen LogP contribution in [0.4, 0.5) is 0 Å². The van der Waals surface area contributed by atoms with Gasteiger partial charge in [-0.05, 0) is 43.7 Å². The maximum atomic E-state index is 10.7. The first-order valence-electron chi connectivity index (χ1n) is 5.93. The standard InChI is InChI=1S/C8H10O3S.C7H7N/c1-6-3-4-8(7(2)5-6)12(9,10)11;1-2-7-5-3-4-6-8-7/h3-5H,1-2H3,(H,9,10,11);2-6H,1H2. The van der Waals surface area contributed by atoms with Crippen molar-refractivity contribution in [2.45, 2.75) is 18.7 Å². The van der Waals surface area contributed by atoms with E-state index in [0.717, 1.165) is 11.3 Å². The Morgan fingerprint density at radius 1 is 1.20 bits per heavy atom. The lowest BCUT2D eigenvalue weighted by Crippen LogP contribution is -2.00. The van der Waals surface area contributed by atoms with Crippen molar-refractivity contribution >= 4 is 16.2 Å². The summed E-state index contributed by atoms with van der Waals surface area (Å²) in [5.74, 6) is 0. The second kappa shape index (κ2) is 6.98. The molecule has 106 valence electrons. The molecule has 0 bridgehead atoms. The van der Waals surface area contributed by atoms with Crippen molar-refractivity contribution in [3.8, 4) is 0 Å². The summed E-state index contributed by atoms with van der Waals surface area (Å²) in [6.07, 6.45) is 3.47. The molecule has 0 unspecified atom stereocenters. The van der Waals surface area contributed by atoms with Crippen LogP contribution in [0.2, 0.25) is 0 Å². The van der Waals surface area contributed by atoms with Crippen LogP contribution in [0.15, 0.2) is 54.1 Å². The van der Waals surface area contributed by atoms with Gasteiger partial charge in [0.25, 0.3) is 10.1 Å². The van der Waals surface area contributed by atoms with Crippen LogP contribution >= 0.6 is 0 Å². The van der Waals surface area contributed by atoms with Crippen molar-refractivity contribution in [3.05, 3.63) is 66.0 Å². The Hall–Kier alpha value is -1.98. The molecule has 0 aliphatic carbocycles. The molecule has 0 aliphatic heterocycles. The van der Waals surface area contributed by atoms with E-state index >= 15 is 0 Å². The Balaban J connectivity index is 0.000000217. The molecular formula is C15H17NO3S. The van der Waals surface area contributed by atoms with E-state index in [4.69, 9.17) is 4.55 Å². The van der Waals surface area contributed by atoms with Gasteiger partial charge in [-0.15, -0.1) is 0 Å². The van der Waals surface area contributed by atoms with Gasteiger partial charge in [0.1, 0.15) is 0 Å². The highest BCUT2D eigenvalue weighted by molar-refractivity contribution is 7.85. The Bertz CT molecular complexity index is 680. The number of aryl methyl sites for hydroxylation is 2. The molecule has 0 spiro atoms. The lowest BCUT2D eigenvalue weighted by molar-refractivity contribution is 0.482. The molecular weight excluding hydrogens is 274 g/mol. The number of hydrogen-bond donors (Lipinski definition) is 1. The quantitative estimate of drug-likeness (QED) is 0.862. The first-order chi connectivity index (χ1) is 9.34. The molecule has 0 atom stereocenters. The predicted octanol–water partition coefficient (Wildman–Crippen LogP) is 3.27. The van der Waals surface area contributed by atoms with Crippen LogP contribution in [0.25, 0.3) is 6.08 Å². The van der Waals surface area contributed by atoms with Gasteiger partial charge in [0.15, 0.2) is 0 Å². The zero-order chi connectivity index (χ0) is 15.2. The zero-order valence-corrected chi connectivity index (χ0v) is 12.3. The van der Waals surface area contributed by atoms with Gasteiger partial charge in [0.2, 0.25) is 0 Å². The summed E-state index contributed by atoms with van der Waals surface area (Å²) in [6, 6.07) is 10.5. The fraction of sp³-hybridized carbons (Fsp3) is 0.133. The van der Waals surface area contributed by atoms with Crippen LogP contribution < -0.4 is 0 Å². The van der Waals surface area contributed by atoms with Gasteiger partial charge >= 0.3 is 0 Å². The summed E-state index contributed by atoms with van der Waals surface area (Å²) in [4.78, 5) is 3.96. The van der Waals surface area contributed by atoms with E-state index in [2.05, 4.69) is 11.6 Å². The normalized spacial score (nSPS) is 10.3. The fourth-order valence-corrected chi connectivity index (χ4v) is 2.29. The van der Waals surface area contributed by atoms with Gasteiger partial charge in [0, 0.05) is 6.20 Å². The Labute approximate surface area is 119 Å². The topological polar surface area (TPSA) is 67.3 Å². The number of nitrogens with zero attached hydrogens (tertiary/aromatic N) is 1. The average molecular weight is 291 g/mol. The first-order valence-corrected chi connectivity index (χ1v) is 7.37. The van der Waals surface area contributed by atoms with Gasteiger partial charge < -0.3 is 0 Å². The van der Waals surface area contributed by atoms with E-state index in [-0.39, 0.29) is 4.90 Å². The predicted molar refractivity (Wildman–Crippen MR) is 80.1 cm³/mol. The molecule has 0 fully saturated rings. The first kappa shape index (κ1) is 16.1. The molecule has 2 aromatic rings. The molecule has 4 nitrogen and oxygen atoms in total. The maximum Gasteiger partial charge on any atom is 0.294 e. The molecule has 1 aromatic carbocycles. The van der Waals surface area contributed by atoms with Gasteiger partial charge in [-0.3, -0.25) is 9.54 Å². The maximum absolute atomic E-state index is 10.7. The van der Waals surface area contributed by atoms with Crippen molar-refractivity contribution in [3.63, 3.8) is 0 Å². The molecule has 0 amide bonds. The molecule has 0 saturated carbocycles. The SMILES string of the molecule is C=Cc1ccccn1.Cc1ccc(S(=O)(=O)O)c(C)c1. The third-order valence-corrected chi connectivity index (χ3v) is 3.52. The lowest BCUT2D eigenvalue weighted by atomic mass is 10.2. The van der Waals surface area contributed by atoms with Crippen LogP contribution in [0.5, 0.6) is 0 Å². The number of benzene rings is 1. The van der Waals surface area contributed by atoms with E-state index in [0.29, 0.717) is 5.56 Å². The summed E-state index contributed by atoms with van der Waals surface area (Å²) in [7, 11) is -4.05. The zero-order valence-electron chi connectivity index (χ0n) is 11.4. The minimum Gasteiger partial charge on any atom is -0.282 e. The van der Waals surface area contributed by atoms with E-state index in [1.54, 1.807) is 31.3 Å². The van der Waals surface area contributed by atoms with Gasteiger partial charge in [-0.1, -0.05) is 30.3 Å². The third kappa shape index (κ3) is 4.95. The summed E-state index contributed by atoms with van der Waals surface area (Å²) >= 11 is 0. The highest BCUT2D eigenvalue weighted by Gasteiger charge is 2.11. The molecule has 1 N–H and O–H groups in total. The van der Waals surface area contributed by atoms with Gasteiger partial charge in [0.05, 0.1) is 10.6 Å². The summed E-state index contributed by atoms with van der Waals surface area (Å²) in [5.41, 5.74) is 2.46. The molecule has 2 rings (SSSR count). The van der Waals surface area contributed by atoms with E-state index in [1.165, 1.54) is 6.07 Å². The van der Waals surface area contributed by atoms with Crippen molar-refractivity contribution < 1.29 is 13.0 Å². The molecule has 1 heterocycles. The lowest BCUT2D eigenvalue weighted by Gasteiger charge is -2.02. The molecule has 0 aliphatic rings. The Morgan fingerprint density at radius 2 is 1.90 bits per heavy atom. The molecule has 0 saturated heterocycles. The fourth-order valence-electron chi connectivity index (χ4n) is 1.59. The average Bonchev–Trinajstić information content (AvgIpc) is 2.38. The smallest absolute Gasteiger partial charge is 0.282 e. The van der Waals surface area contributed by atoms with E-state index in [9.17, 15) is 8.42 Å². The van der Waals surface area contributed by atoms with Crippen LogP contribution in [-0.4, -0.2) is 18.0 Å². The Morgan fingerprint density at radius 3 is 2.30 bits per heavy atom. The minimum absolute atomic E-state index is 0.0203. The summed E-state index contributed by atoms with van der Waals surface area (Å²) in [6.45, 7) is 7.08. The monoisotopic (exact) mass is 291 g/mol. The third-order valence-electron chi connectivity index (χ3n) is 2.51. The molecule has 20 heavy (non-hydrogen) atoms. The molecule has 5 heteroatoms. The molecule has 0 radical (unpaired) electrons. The second-order valence-electron chi connectivity index (χ2n) is 4.20. The number of hydrogen-bond acceptors (Lipinski definition) is 3. The number of aromatic nitrogens is 1. The highest BCUT2D eigenvalue weighted by Crippen LogP contribution is 2.15. The van der Waals surface area contributed by atoms with Gasteiger partial charge in [-0.25, -0.2) is 0 Å². The molecule has 1 aromatic heterocycles.